The summed E-state index contributed by atoms with van der Waals surface area (Å²) in [5.74, 6) is 2.17. The van der Waals surface area contributed by atoms with E-state index < -0.39 is 0 Å². The quantitative estimate of drug-likeness (QED) is 0.655. The van der Waals surface area contributed by atoms with Crippen LogP contribution < -0.4 is 5.32 Å². The van der Waals surface area contributed by atoms with Gasteiger partial charge in [0.25, 0.3) is 0 Å². The molecule has 0 bridgehead atoms. The molecule has 1 saturated heterocycles. The fraction of sp³-hybridized carbons (Fsp3) is 0.750. The average Bonchev–Trinajstić information content (AvgIpc) is 2.61. The molecule has 2 unspecified atom stereocenters. The largest absolute Gasteiger partial charge is 0.312 e. The van der Waals surface area contributed by atoms with Gasteiger partial charge in [0, 0.05) is 0 Å². The van der Waals surface area contributed by atoms with Crippen molar-refractivity contribution in [2.24, 2.45) is 4.99 Å². The first-order valence-corrected chi connectivity index (χ1v) is 5.32. The number of nitrogens with one attached hydrogen (secondary N) is 1. The van der Waals surface area contributed by atoms with Crippen LogP contribution in [0.2, 0.25) is 0 Å². The average molecular weight is 184 g/mol. The molecule has 0 radical (unpaired) electrons. The van der Waals surface area contributed by atoms with E-state index in [-0.39, 0.29) is 11.9 Å². The van der Waals surface area contributed by atoms with Crippen LogP contribution in [0.4, 0.5) is 0 Å². The standard InChI is InChI=1S/C8H12N2OS/c1-5-8(11)10-7(9-5)6-3-2-4-12-6/h5-6H,2-4H2,1H3,(H,9,10,11). The van der Waals surface area contributed by atoms with Crippen LogP contribution >= 0.6 is 11.8 Å². The number of aliphatic imine (C=N–C) groups is 1. The fourth-order valence-corrected chi connectivity index (χ4v) is 2.72. The lowest BCUT2D eigenvalue weighted by molar-refractivity contribution is -0.119. The summed E-state index contributed by atoms with van der Waals surface area (Å²) in [6.45, 7) is 1.84. The third kappa shape index (κ3) is 1.35. The first-order chi connectivity index (χ1) is 5.77. The van der Waals surface area contributed by atoms with E-state index in [0.29, 0.717) is 5.25 Å². The minimum Gasteiger partial charge on any atom is -0.312 e. The molecule has 0 aliphatic carbocycles. The van der Waals surface area contributed by atoms with Crippen LogP contribution in [0.1, 0.15) is 19.8 Å². The number of nitrogens with zero attached hydrogens (tertiary/aromatic N) is 1. The van der Waals surface area contributed by atoms with Crippen LogP contribution in [0.15, 0.2) is 4.99 Å². The molecule has 2 atom stereocenters. The Labute approximate surface area is 76.0 Å². The summed E-state index contributed by atoms with van der Waals surface area (Å²) in [7, 11) is 0. The zero-order valence-corrected chi connectivity index (χ0v) is 7.86. The van der Waals surface area contributed by atoms with Crippen LogP contribution in [0, 0.1) is 0 Å². The Kier molecular flexibility index (Phi) is 2.09. The number of amides is 1. The molecule has 66 valence electrons. The first kappa shape index (κ1) is 8.10. The Morgan fingerprint density at radius 2 is 2.50 bits per heavy atom. The molecule has 1 fully saturated rings. The predicted molar refractivity (Wildman–Crippen MR) is 50.5 cm³/mol. The van der Waals surface area contributed by atoms with Crippen LogP contribution in [-0.4, -0.2) is 28.8 Å². The number of carbonyl (C=O) groups is 1. The number of thioether (sulfide) groups is 1. The van der Waals surface area contributed by atoms with Gasteiger partial charge in [-0.2, -0.15) is 11.8 Å². The smallest absolute Gasteiger partial charge is 0.249 e. The van der Waals surface area contributed by atoms with E-state index in [1.54, 1.807) is 0 Å². The summed E-state index contributed by atoms with van der Waals surface area (Å²) >= 11 is 1.90. The Bertz CT molecular complexity index is 233. The topological polar surface area (TPSA) is 41.5 Å². The highest BCUT2D eigenvalue weighted by Crippen LogP contribution is 2.27. The minimum absolute atomic E-state index is 0.0532. The van der Waals surface area contributed by atoms with Crippen LogP contribution in [0.3, 0.4) is 0 Å². The molecular weight excluding hydrogens is 172 g/mol. The Hall–Kier alpha value is -0.510. The molecule has 0 saturated carbocycles. The zero-order chi connectivity index (χ0) is 8.55. The predicted octanol–water partition coefficient (Wildman–Crippen LogP) is 0.799. The molecule has 0 aromatic carbocycles. The van der Waals surface area contributed by atoms with Crippen molar-refractivity contribution >= 4 is 23.5 Å². The third-order valence-electron chi connectivity index (χ3n) is 2.20. The van der Waals surface area contributed by atoms with Crippen molar-refractivity contribution in [3.63, 3.8) is 0 Å². The molecule has 0 aromatic rings. The highest BCUT2D eigenvalue weighted by molar-refractivity contribution is 8.00. The molecule has 4 heteroatoms. The summed E-state index contributed by atoms with van der Waals surface area (Å²) in [5.41, 5.74) is 0. The van der Waals surface area contributed by atoms with Crippen molar-refractivity contribution in [3.8, 4) is 0 Å². The maximum atomic E-state index is 11.1. The molecule has 0 spiro atoms. The second-order valence-electron chi connectivity index (χ2n) is 3.18. The van der Waals surface area contributed by atoms with Crippen molar-refractivity contribution in [2.45, 2.75) is 31.1 Å². The summed E-state index contributed by atoms with van der Waals surface area (Å²) in [6, 6.07) is -0.166. The number of hydrogen-bond acceptors (Lipinski definition) is 3. The van der Waals surface area contributed by atoms with Crippen LogP contribution in [-0.2, 0) is 4.79 Å². The van der Waals surface area contributed by atoms with Crippen molar-refractivity contribution in [1.29, 1.82) is 0 Å². The van der Waals surface area contributed by atoms with Crippen LogP contribution in [0.5, 0.6) is 0 Å². The Morgan fingerprint density at radius 3 is 3.00 bits per heavy atom. The molecule has 3 nitrogen and oxygen atoms in total. The van der Waals surface area contributed by atoms with Crippen LogP contribution in [0.25, 0.3) is 0 Å². The second kappa shape index (κ2) is 3.09. The van der Waals surface area contributed by atoms with Gasteiger partial charge < -0.3 is 5.32 Å². The number of hydrogen-bond donors (Lipinski definition) is 1. The molecule has 2 rings (SSSR count). The lowest BCUT2D eigenvalue weighted by Gasteiger charge is -2.06. The van der Waals surface area contributed by atoms with Gasteiger partial charge in [-0.3, -0.25) is 9.79 Å². The summed E-state index contributed by atoms with van der Waals surface area (Å²) in [6.07, 6.45) is 2.41. The van der Waals surface area contributed by atoms with Gasteiger partial charge in [0.05, 0.1) is 5.25 Å². The van der Waals surface area contributed by atoms with Crippen molar-refractivity contribution in [1.82, 2.24) is 5.32 Å². The summed E-state index contributed by atoms with van der Waals surface area (Å²) in [4.78, 5) is 15.4. The molecular formula is C8H12N2OS. The van der Waals surface area contributed by atoms with Gasteiger partial charge in [-0.25, -0.2) is 0 Å². The molecule has 2 heterocycles. The first-order valence-electron chi connectivity index (χ1n) is 4.27. The number of carbonyl (C=O) groups excluding carboxylic acids is 1. The molecule has 0 aromatic heterocycles. The van der Waals surface area contributed by atoms with Gasteiger partial charge in [-0.1, -0.05) is 0 Å². The Balaban J connectivity index is 2.05. The van der Waals surface area contributed by atoms with Gasteiger partial charge in [-0.15, -0.1) is 0 Å². The van der Waals surface area contributed by atoms with Crippen molar-refractivity contribution < 1.29 is 4.79 Å². The fourth-order valence-electron chi connectivity index (χ4n) is 1.49. The lowest BCUT2D eigenvalue weighted by atomic mass is 10.2. The highest BCUT2D eigenvalue weighted by atomic mass is 32.2. The number of amidine groups is 1. The molecule has 2 aliphatic heterocycles. The SMILES string of the molecule is CC1N=C(C2CCCS2)NC1=O. The van der Waals surface area contributed by atoms with E-state index in [1.165, 1.54) is 12.2 Å². The molecule has 12 heavy (non-hydrogen) atoms. The molecule has 1 N–H and O–H groups in total. The molecule has 1 amide bonds. The van der Waals surface area contributed by atoms with Crippen molar-refractivity contribution in [3.05, 3.63) is 0 Å². The summed E-state index contributed by atoms with van der Waals surface area (Å²) < 4.78 is 0. The van der Waals surface area contributed by atoms with E-state index in [0.717, 1.165) is 12.3 Å². The minimum atomic E-state index is -0.166. The van der Waals surface area contributed by atoms with E-state index in [1.807, 2.05) is 18.7 Å². The maximum absolute atomic E-state index is 11.1. The van der Waals surface area contributed by atoms with Gasteiger partial charge in [0.1, 0.15) is 11.9 Å². The zero-order valence-electron chi connectivity index (χ0n) is 7.04. The van der Waals surface area contributed by atoms with Gasteiger partial charge in [0.2, 0.25) is 5.91 Å². The van der Waals surface area contributed by atoms with Crippen molar-refractivity contribution in [2.75, 3.05) is 5.75 Å². The number of rotatable bonds is 1. The van der Waals surface area contributed by atoms with Gasteiger partial charge in [-0.05, 0) is 25.5 Å². The third-order valence-corrected chi connectivity index (χ3v) is 3.58. The van der Waals surface area contributed by atoms with Gasteiger partial charge >= 0.3 is 0 Å². The van der Waals surface area contributed by atoms with E-state index in [4.69, 9.17) is 0 Å². The van der Waals surface area contributed by atoms with E-state index in [9.17, 15) is 4.79 Å². The lowest BCUT2D eigenvalue weighted by Crippen LogP contribution is -2.32. The normalized spacial score (nSPS) is 35.1. The monoisotopic (exact) mass is 184 g/mol. The Morgan fingerprint density at radius 1 is 1.67 bits per heavy atom. The highest BCUT2D eigenvalue weighted by Gasteiger charge is 2.29. The van der Waals surface area contributed by atoms with E-state index >= 15 is 0 Å². The van der Waals surface area contributed by atoms with E-state index in [2.05, 4.69) is 10.3 Å². The maximum Gasteiger partial charge on any atom is 0.249 e. The molecule has 2 aliphatic rings. The summed E-state index contributed by atoms with van der Waals surface area (Å²) in [5, 5.41) is 3.29. The van der Waals surface area contributed by atoms with Gasteiger partial charge in [0.15, 0.2) is 0 Å². The second-order valence-corrected chi connectivity index (χ2v) is 4.49.